The van der Waals surface area contributed by atoms with Gasteiger partial charge in [0.1, 0.15) is 5.75 Å². The molecule has 0 radical (unpaired) electrons. The second kappa shape index (κ2) is 8.34. The molecule has 23 heavy (non-hydrogen) atoms. The smallest absolute Gasteiger partial charge is 0.238 e. The second-order valence-corrected chi connectivity index (χ2v) is 5.62. The van der Waals surface area contributed by atoms with Crippen molar-refractivity contribution in [2.75, 3.05) is 25.5 Å². The van der Waals surface area contributed by atoms with Gasteiger partial charge in [0.05, 0.1) is 13.7 Å². The van der Waals surface area contributed by atoms with Crippen molar-refractivity contribution in [1.29, 1.82) is 0 Å². The maximum Gasteiger partial charge on any atom is 0.238 e. The number of nitrogens with one attached hydrogen (secondary N) is 2. The van der Waals surface area contributed by atoms with Crippen LogP contribution in [-0.2, 0) is 11.2 Å². The predicted octanol–water partition coefficient (Wildman–Crippen LogP) is 3.08. The van der Waals surface area contributed by atoms with Crippen LogP contribution in [-0.4, -0.2) is 26.1 Å². The first-order valence-electron chi connectivity index (χ1n) is 7.79. The number of carbonyl (C=O) groups excluding carboxylic acids is 1. The third kappa shape index (κ3) is 5.42. The fourth-order valence-electron chi connectivity index (χ4n) is 2.25. The summed E-state index contributed by atoms with van der Waals surface area (Å²) in [5.41, 5.74) is 4.46. The lowest BCUT2D eigenvalue weighted by Gasteiger charge is -2.09. The van der Waals surface area contributed by atoms with E-state index in [2.05, 4.69) is 17.6 Å². The Morgan fingerprint density at radius 3 is 2.43 bits per heavy atom. The predicted molar refractivity (Wildman–Crippen MR) is 94.1 cm³/mol. The van der Waals surface area contributed by atoms with E-state index in [9.17, 15) is 4.79 Å². The summed E-state index contributed by atoms with van der Waals surface area (Å²) in [6.07, 6.45) is 0.876. The number of rotatable bonds is 7. The molecule has 0 fully saturated rings. The number of hydrogen-bond donors (Lipinski definition) is 2. The summed E-state index contributed by atoms with van der Waals surface area (Å²) in [4.78, 5) is 11.9. The minimum atomic E-state index is -0.0250. The molecule has 122 valence electrons. The maximum absolute atomic E-state index is 11.9. The van der Waals surface area contributed by atoms with Crippen LogP contribution in [0.5, 0.6) is 5.75 Å². The van der Waals surface area contributed by atoms with E-state index >= 15 is 0 Å². The molecule has 0 aliphatic rings. The van der Waals surface area contributed by atoms with Crippen molar-refractivity contribution in [3.8, 4) is 5.75 Å². The van der Waals surface area contributed by atoms with Gasteiger partial charge >= 0.3 is 0 Å². The molecule has 0 saturated carbocycles. The van der Waals surface area contributed by atoms with Crippen LogP contribution in [0.3, 0.4) is 0 Å². The highest BCUT2D eigenvalue weighted by atomic mass is 16.5. The largest absolute Gasteiger partial charge is 0.497 e. The number of methoxy groups -OCH3 is 1. The molecule has 0 aromatic heterocycles. The van der Waals surface area contributed by atoms with Gasteiger partial charge in [0, 0.05) is 5.69 Å². The van der Waals surface area contributed by atoms with Crippen molar-refractivity contribution in [3.05, 3.63) is 59.2 Å². The summed E-state index contributed by atoms with van der Waals surface area (Å²) < 4.78 is 5.13. The van der Waals surface area contributed by atoms with Crippen LogP contribution in [0.15, 0.2) is 42.5 Å². The van der Waals surface area contributed by atoms with Gasteiger partial charge in [0.2, 0.25) is 5.91 Å². The van der Waals surface area contributed by atoms with Crippen molar-refractivity contribution < 1.29 is 9.53 Å². The number of aryl methyl sites for hydroxylation is 2. The average molecular weight is 312 g/mol. The van der Waals surface area contributed by atoms with E-state index in [4.69, 9.17) is 4.74 Å². The van der Waals surface area contributed by atoms with Crippen molar-refractivity contribution in [2.24, 2.45) is 0 Å². The average Bonchev–Trinajstić information content (AvgIpc) is 2.55. The molecule has 4 heteroatoms. The number of hydrogen-bond acceptors (Lipinski definition) is 3. The van der Waals surface area contributed by atoms with E-state index in [1.165, 1.54) is 16.7 Å². The number of benzene rings is 2. The third-order valence-electron chi connectivity index (χ3n) is 3.83. The van der Waals surface area contributed by atoms with Crippen LogP contribution in [0.4, 0.5) is 5.69 Å². The molecule has 4 nitrogen and oxygen atoms in total. The highest BCUT2D eigenvalue weighted by Crippen LogP contribution is 2.14. The van der Waals surface area contributed by atoms with Gasteiger partial charge in [-0.05, 0) is 67.8 Å². The number of ether oxygens (including phenoxy) is 1. The summed E-state index contributed by atoms with van der Waals surface area (Å²) in [5, 5.41) is 6.07. The van der Waals surface area contributed by atoms with Gasteiger partial charge in [-0.3, -0.25) is 4.79 Å². The molecule has 0 spiro atoms. The van der Waals surface area contributed by atoms with Crippen molar-refractivity contribution >= 4 is 11.6 Å². The lowest BCUT2D eigenvalue weighted by Crippen LogP contribution is -2.29. The van der Waals surface area contributed by atoms with E-state index in [0.29, 0.717) is 6.54 Å². The summed E-state index contributed by atoms with van der Waals surface area (Å²) in [5.74, 6) is 0.831. The van der Waals surface area contributed by atoms with E-state index in [1.807, 2.05) is 49.4 Å². The molecule has 0 unspecified atom stereocenters. The first-order valence-corrected chi connectivity index (χ1v) is 7.79. The molecule has 2 N–H and O–H groups in total. The molecule has 2 rings (SSSR count). The Hall–Kier alpha value is -2.33. The fraction of sp³-hybridized carbons (Fsp3) is 0.316. The first-order chi connectivity index (χ1) is 11.1. The number of amides is 1. The number of carbonyl (C=O) groups is 1. The second-order valence-electron chi connectivity index (χ2n) is 5.62. The van der Waals surface area contributed by atoms with Crippen LogP contribution in [0.1, 0.15) is 16.7 Å². The summed E-state index contributed by atoms with van der Waals surface area (Å²) in [6, 6.07) is 13.9. The molecule has 0 saturated heterocycles. The van der Waals surface area contributed by atoms with Gasteiger partial charge in [-0.25, -0.2) is 0 Å². The van der Waals surface area contributed by atoms with E-state index in [0.717, 1.165) is 24.4 Å². The lowest BCUT2D eigenvalue weighted by molar-refractivity contribution is -0.115. The molecular formula is C19H24N2O2. The van der Waals surface area contributed by atoms with Crippen molar-refractivity contribution in [2.45, 2.75) is 20.3 Å². The third-order valence-corrected chi connectivity index (χ3v) is 3.83. The molecule has 0 atom stereocenters. The summed E-state index contributed by atoms with van der Waals surface area (Å²) in [7, 11) is 1.66. The Bertz CT molecular complexity index is 651. The van der Waals surface area contributed by atoms with Gasteiger partial charge in [0.25, 0.3) is 0 Å². The van der Waals surface area contributed by atoms with Gasteiger partial charge in [-0.1, -0.05) is 18.2 Å². The minimum absolute atomic E-state index is 0.0250. The highest BCUT2D eigenvalue weighted by molar-refractivity contribution is 5.92. The summed E-state index contributed by atoms with van der Waals surface area (Å²) in [6.45, 7) is 5.16. The Morgan fingerprint density at radius 1 is 1.04 bits per heavy atom. The lowest BCUT2D eigenvalue weighted by atomic mass is 10.1. The van der Waals surface area contributed by atoms with Crippen molar-refractivity contribution in [1.82, 2.24) is 5.32 Å². The fourth-order valence-corrected chi connectivity index (χ4v) is 2.25. The van der Waals surface area contributed by atoms with Gasteiger partial charge in [0.15, 0.2) is 0 Å². The maximum atomic E-state index is 11.9. The standard InChI is InChI=1S/C19H24N2O2/c1-14-4-7-17(12-15(14)2)21-19(22)13-20-11-10-16-5-8-18(23-3)9-6-16/h4-9,12,20H,10-11,13H2,1-3H3,(H,21,22). The zero-order valence-electron chi connectivity index (χ0n) is 14.0. The van der Waals surface area contributed by atoms with E-state index in [1.54, 1.807) is 7.11 Å². The molecular weight excluding hydrogens is 288 g/mol. The van der Waals surface area contributed by atoms with Crippen LogP contribution in [0.2, 0.25) is 0 Å². The molecule has 2 aromatic carbocycles. The first kappa shape index (κ1) is 17.0. The highest BCUT2D eigenvalue weighted by Gasteiger charge is 2.03. The van der Waals surface area contributed by atoms with Crippen LogP contribution in [0, 0.1) is 13.8 Å². The molecule has 0 aliphatic carbocycles. The van der Waals surface area contributed by atoms with E-state index < -0.39 is 0 Å². The topological polar surface area (TPSA) is 50.4 Å². The normalized spacial score (nSPS) is 10.4. The summed E-state index contributed by atoms with van der Waals surface area (Å²) >= 11 is 0. The van der Waals surface area contributed by atoms with Crippen molar-refractivity contribution in [3.63, 3.8) is 0 Å². The Kier molecular flexibility index (Phi) is 6.18. The number of anilines is 1. The molecule has 0 aliphatic heterocycles. The van der Waals surface area contributed by atoms with Gasteiger partial charge in [-0.15, -0.1) is 0 Å². The zero-order valence-corrected chi connectivity index (χ0v) is 14.0. The molecule has 0 bridgehead atoms. The quantitative estimate of drug-likeness (QED) is 0.773. The SMILES string of the molecule is COc1ccc(CCNCC(=O)Nc2ccc(C)c(C)c2)cc1. The van der Waals surface area contributed by atoms with E-state index in [-0.39, 0.29) is 5.91 Å². The zero-order chi connectivity index (χ0) is 16.7. The molecule has 1 amide bonds. The Balaban J connectivity index is 1.70. The molecule has 0 heterocycles. The monoisotopic (exact) mass is 312 g/mol. The Labute approximate surface area is 137 Å². The van der Waals surface area contributed by atoms with Gasteiger partial charge in [-0.2, -0.15) is 0 Å². The van der Waals surface area contributed by atoms with Crippen LogP contribution in [0.25, 0.3) is 0 Å². The van der Waals surface area contributed by atoms with Gasteiger partial charge < -0.3 is 15.4 Å². The van der Waals surface area contributed by atoms with Crippen LogP contribution >= 0.6 is 0 Å². The minimum Gasteiger partial charge on any atom is -0.497 e. The Morgan fingerprint density at radius 2 is 1.78 bits per heavy atom. The van der Waals surface area contributed by atoms with Crippen LogP contribution < -0.4 is 15.4 Å². The molecule has 2 aromatic rings.